The van der Waals surface area contributed by atoms with Gasteiger partial charge in [0.05, 0.1) is 22.8 Å². The molecule has 1 saturated heterocycles. The number of nitrogens with one attached hydrogen (secondary N) is 2. The summed E-state index contributed by atoms with van der Waals surface area (Å²) < 4.78 is 7.50. The minimum atomic E-state index is 0.0686. The Kier molecular flexibility index (Phi) is 5.06. The van der Waals surface area contributed by atoms with E-state index in [9.17, 15) is 0 Å². The maximum absolute atomic E-state index is 5.61. The van der Waals surface area contributed by atoms with Crippen molar-refractivity contribution >= 4 is 22.7 Å². The van der Waals surface area contributed by atoms with Gasteiger partial charge in [-0.3, -0.25) is 4.68 Å². The van der Waals surface area contributed by atoms with Crippen molar-refractivity contribution < 1.29 is 4.74 Å². The van der Waals surface area contributed by atoms with E-state index in [2.05, 4.69) is 22.7 Å². The van der Waals surface area contributed by atoms with E-state index in [0.29, 0.717) is 11.3 Å². The standard InChI is InChI=1S/C23H30N6O/c1-16(20-8-12-25-29(20)2)26-22-21(27-18-5-3-4-6-19(18)28-22)24-15-17-7-9-23(17)10-13-30-14-11-23/h3-6,8,12,16-17H,7,9-11,13-15H2,1-2H3,(H,24,27)(H,26,28)/t16-,17?/m1/s1. The molecule has 2 atom stereocenters. The van der Waals surface area contributed by atoms with Crippen LogP contribution in [0.4, 0.5) is 11.6 Å². The maximum atomic E-state index is 5.61. The van der Waals surface area contributed by atoms with E-state index in [1.54, 1.807) is 0 Å². The van der Waals surface area contributed by atoms with Gasteiger partial charge in [-0.2, -0.15) is 5.10 Å². The highest BCUT2D eigenvalue weighted by molar-refractivity contribution is 5.80. The smallest absolute Gasteiger partial charge is 0.170 e. The van der Waals surface area contributed by atoms with Crippen LogP contribution in [0.2, 0.25) is 0 Å². The monoisotopic (exact) mass is 406 g/mol. The molecule has 7 nitrogen and oxygen atoms in total. The Morgan fingerprint density at radius 2 is 1.83 bits per heavy atom. The minimum absolute atomic E-state index is 0.0686. The number of benzene rings is 1. The second-order valence-electron chi connectivity index (χ2n) is 8.75. The van der Waals surface area contributed by atoms with Crippen molar-refractivity contribution in [1.29, 1.82) is 0 Å². The molecule has 30 heavy (non-hydrogen) atoms. The lowest BCUT2D eigenvalue weighted by Gasteiger charge is -2.52. The summed E-state index contributed by atoms with van der Waals surface area (Å²) >= 11 is 0. The second kappa shape index (κ2) is 7.87. The van der Waals surface area contributed by atoms with Crippen LogP contribution in [0.3, 0.4) is 0 Å². The van der Waals surface area contributed by atoms with Crippen LogP contribution in [0.1, 0.15) is 44.3 Å². The summed E-state index contributed by atoms with van der Waals surface area (Å²) in [4.78, 5) is 9.81. The van der Waals surface area contributed by atoms with Crippen molar-refractivity contribution in [1.82, 2.24) is 19.7 Å². The van der Waals surface area contributed by atoms with Crippen LogP contribution in [0.25, 0.3) is 11.0 Å². The quantitative estimate of drug-likeness (QED) is 0.640. The normalized spacial score (nSPS) is 21.3. The number of aryl methyl sites for hydroxylation is 1. The SMILES string of the molecule is C[C@@H](Nc1nc2ccccc2nc1NCC1CCC12CCOCC2)c1ccnn1C. The minimum Gasteiger partial charge on any atom is -0.381 e. The molecule has 0 radical (unpaired) electrons. The number of rotatable bonds is 6. The largest absolute Gasteiger partial charge is 0.381 e. The third-order valence-electron chi connectivity index (χ3n) is 7.09. The number of para-hydroxylation sites is 2. The molecule has 2 aliphatic rings. The zero-order chi connectivity index (χ0) is 20.6. The van der Waals surface area contributed by atoms with Crippen LogP contribution < -0.4 is 10.6 Å². The van der Waals surface area contributed by atoms with E-state index >= 15 is 0 Å². The van der Waals surface area contributed by atoms with Gasteiger partial charge in [-0.25, -0.2) is 9.97 Å². The van der Waals surface area contributed by atoms with Crippen molar-refractivity contribution in [3.8, 4) is 0 Å². The molecular weight excluding hydrogens is 376 g/mol. The molecule has 1 aromatic carbocycles. The van der Waals surface area contributed by atoms with Crippen LogP contribution in [0.15, 0.2) is 36.5 Å². The Labute approximate surface area is 177 Å². The lowest BCUT2D eigenvalue weighted by molar-refractivity contribution is -0.0705. The average Bonchev–Trinajstić information content (AvgIpc) is 3.20. The first-order valence-corrected chi connectivity index (χ1v) is 11.0. The fourth-order valence-corrected chi connectivity index (χ4v) is 5.04. The van der Waals surface area contributed by atoms with E-state index in [4.69, 9.17) is 14.7 Å². The van der Waals surface area contributed by atoms with Gasteiger partial charge in [0, 0.05) is 33.0 Å². The number of aromatic nitrogens is 4. The maximum Gasteiger partial charge on any atom is 0.170 e. The number of nitrogens with zero attached hydrogens (tertiary/aromatic N) is 4. The van der Waals surface area contributed by atoms with Gasteiger partial charge >= 0.3 is 0 Å². The van der Waals surface area contributed by atoms with Crippen LogP contribution in [0.5, 0.6) is 0 Å². The molecule has 2 N–H and O–H groups in total. The molecule has 1 saturated carbocycles. The molecule has 2 aromatic heterocycles. The molecule has 0 amide bonds. The van der Waals surface area contributed by atoms with Crippen molar-refractivity contribution in [2.75, 3.05) is 30.4 Å². The number of hydrogen-bond donors (Lipinski definition) is 2. The molecule has 3 heterocycles. The third-order valence-corrected chi connectivity index (χ3v) is 7.09. The van der Waals surface area contributed by atoms with E-state index in [-0.39, 0.29) is 6.04 Å². The Bertz CT molecular complexity index is 1030. The first kappa shape index (κ1) is 19.3. The molecule has 5 rings (SSSR count). The average molecular weight is 407 g/mol. The van der Waals surface area contributed by atoms with Crippen molar-refractivity contribution in [3.05, 3.63) is 42.2 Å². The van der Waals surface area contributed by atoms with Crippen LogP contribution in [0, 0.1) is 11.3 Å². The first-order valence-electron chi connectivity index (χ1n) is 11.0. The van der Waals surface area contributed by atoms with E-state index < -0.39 is 0 Å². The number of hydrogen-bond acceptors (Lipinski definition) is 6. The van der Waals surface area contributed by atoms with E-state index in [0.717, 1.165) is 48.1 Å². The zero-order valence-corrected chi connectivity index (χ0v) is 17.8. The Morgan fingerprint density at radius 3 is 2.47 bits per heavy atom. The number of ether oxygens (including phenoxy) is 1. The second-order valence-corrected chi connectivity index (χ2v) is 8.75. The van der Waals surface area contributed by atoms with Gasteiger partial charge in [0.1, 0.15) is 0 Å². The van der Waals surface area contributed by atoms with Gasteiger partial charge in [-0.05, 0) is 62.1 Å². The Morgan fingerprint density at radius 1 is 1.10 bits per heavy atom. The molecule has 1 spiro atoms. The van der Waals surface area contributed by atoms with Crippen LogP contribution in [-0.4, -0.2) is 39.5 Å². The molecule has 158 valence electrons. The molecule has 1 aliphatic carbocycles. The van der Waals surface area contributed by atoms with Crippen molar-refractivity contribution in [3.63, 3.8) is 0 Å². The highest BCUT2D eigenvalue weighted by Gasteiger charge is 2.46. The highest BCUT2D eigenvalue weighted by Crippen LogP contribution is 2.53. The molecule has 2 fully saturated rings. The lowest BCUT2D eigenvalue weighted by atomic mass is 9.56. The van der Waals surface area contributed by atoms with Crippen LogP contribution in [-0.2, 0) is 11.8 Å². The molecule has 0 bridgehead atoms. The van der Waals surface area contributed by atoms with E-state index in [1.165, 1.54) is 25.7 Å². The zero-order valence-electron chi connectivity index (χ0n) is 17.8. The molecule has 3 aromatic rings. The van der Waals surface area contributed by atoms with Gasteiger partial charge in [0.2, 0.25) is 0 Å². The Balaban J connectivity index is 1.38. The Hall–Kier alpha value is -2.67. The number of fused-ring (bicyclic) bond motifs is 1. The fraction of sp³-hybridized carbons (Fsp3) is 0.522. The first-order chi connectivity index (χ1) is 14.6. The topological polar surface area (TPSA) is 76.9 Å². The number of anilines is 2. The summed E-state index contributed by atoms with van der Waals surface area (Å²) in [7, 11) is 1.96. The van der Waals surface area contributed by atoms with Crippen molar-refractivity contribution in [2.45, 2.75) is 38.6 Å². The highest BCUT2D eigenvalue weighted by atomic mass is 16.5. The summed E-state index contributed by atoms with van der Waals surface area (Å²) in [6.45, 7) is 4.87. The predicted molar refractivity (Wildman–Crippen MR) is 118 cm³/mol. The van der Waals surface area contributed by atoms with Gasteiger partial charge in [-0.15, -0.1) is 0 Å². The summed E-state index contributed by atoms with van der Waals surface area (Å²) in [6, 6.07) is 10.1. The molecule has 7 heteroatoms. The predicted octanol–water partition coefficient (Wildman–Crippen LogP) is 4.16. The molecular formula is C23H30N6O. The summed E-state index contributed by atoms with van der Waals surface area (Å²) in [6.07, 6.45) is 6.80. The fourth-order valence-electron chi connectivity index (χ4n) is 5.04. The van der Waals surface area contributed by atoms with E-state index in [1.807, 2.05) is 48.3 Å². The van der Waals surface area contributed by atoms with Gasteiger partial charge in [0.25, 0.3) is 0 Å². The van der Waals surface area contributed by atoms with Gasteiger partial charge < -0.3 is 15.4 Å². The summed E-state index contributed by atoms with van der Waals surface area (Å²) in [5, 5.41) is 11.5. The summed E-state index contributed by atoms with van der Waals surface area (Å²) in [5.74, 6) is 2.30. The lowest BCUT2D eigenvalue weighted by Crippen LogP contribution is -2.47. The van der Waals surface area contributed by atoms with Gasteiger partial charge in [-0.1, -0.05) is 12.1 Å². The molecule has 1 aliphatic heterocycles. The van der Waals surface area contributed by atoms with Gasteiger partial charge in [0.15, 0.2) is 11.6 Å². The van der Waals surface area contributed by atoms with Crippen molar-refractivity contribution in [2.24, 2.45) is 18.4 Å². The summed E-state index contributed by atoms with van der Waals surface area (Å²) in [5.41, 5.74) is 3.38. The molecule has 1 unspecified atom stereocenters. The van der Waals surface area contributed by atoms with Crippen LogP contribution >= 0.6 is 0 Å². The third kappa shape index (κ3) is 3.51.